The van der Waals surface area contributed by atoms with Crippen LogP contribution in [-0.4, -0.2) is 22.5 Å². The van der Waals surface area contributed by atoms with Crippen molar-refractivity contribution >= 4 is 17.6 Å². The maximum absolute atomic E-state index is 14.1. The number of benzene rings is 3. The van der Waals surface area contributed by atoms with Gasteiger partial charge in [-0.15, -0.1) is 0 Å². The van der Waals surface area contributed by atoms with Crippen LogP contribution in [0.2, 0.25) is 0 Å². The molecule has 1 aliphatic rings. The molecule has 206 valence electrons. The Morgan fingerprint density at radius 3 is 2.25 bits per heavy atom. The number of amides is 1. The molecule has 0 saturated carbocycles. The normalized spacial score (nSPS) is 17.1. The number of hydrogen-bond donors (Lipinski definition) is 1. The molecule has 3 aromatic carbocycles. The Morgan fingerprint density at radius 2 is 1.62 bits per heavy atom. The van der Waals surface area contributed by atoms with Gasteiger partial charge in [-0.3, -0.25) is 9.59 Å². The molecule has 1 saturated heterocycles. The number of anilines is 1. The molecule has 0 bridgehead atoms. The summed E-state index contributed by atoms with van der Waals surface area (Å²) in [5.41, 5.74) is 5.57. The highest BCUT2D eigenvalue weighted by molar-refractivity contribution is 6.12. The van der Waals surface area contributed by atoms with Gasteiger partial charge in [0, 0.05) is 36.3 Å². The van der Waals surface area contributed by atoms with Crippen LogP contribution in [0.1, 0.15) is 62.0 Å². The van der Waals surface area contributed by atoms with Crippen LogP contribution in [-0.2, 0) is 16.1 Å². The van der Waals surface area contributed by atoms with Gasteiger partial charge in [-0.25, -0.2) is 4.39 Å². The van der Waals surface area contributed by atoms with Crippen molar-refractivity contribution in [2.24, 2.45) is 5.92 Å². The molecule has 0 radical (unpaired) electrons. The summed E-state index contributed by atoms with van der Waals surface area (Å²) in [6, 6.07) is 25.7. The molecular weight excluding hydrogens is 503 g/mol. The van der Waals surface area contributed by atoms with Crippen LogP contribution in [0, 0.1) is 11.7 Å². The zero-order valence-corrected chi connectivity index (χ0v) is 23.2. The fourth-order valence-electron chi connectivity index (χ4n) is 5.76. The standard InChI is InChI=1S/C34H35FN2O3/c1-22(2)32-31(34(39)36-27-12-8-5-9-13-27)30(24-10-6-4-7-11-24)33(25-14-16-26(35)17-15-25)37(32)19-18-28-20-23(3)21-29(38)40-28/h4-17,22-23,28H,18-21H2,1-3H3,(H,36,39). The molecule has 2 unspecified atom stereocenters. The monoisotopic (exact) mass is 538 g/mol. The van der Waals surface area contributed by atoms with Crippen LogP contribution in [0.3, 0.4) is 0 Å². The quantitative estimate of drug-likeness (QED) is 0.231. The van der Waals surface area contributed by atoms with Crippen LogP contribution in [0.5, 0.6) is 0 Å². The minimum absolute atomic E-state index is 0.000939. The minimum atomic E-state index is -0.322. The summed E-state index contributed by atoms with van der Waals surface area (Å²) in [6.07, 6.45) is 1.68. The van der Waals surface area contributed by atoms with E-state index in [0.717, 1.165) is 34.5 Å². The van der Waals surface area contributed by atoms with Crippen LogP contribution in [0.15, 0.2) is 84.9 Å². The van der Waals surface area contributed by atoms with Crippen molar-refractivity contribution in [1.82, 2.24) is 4.57 Å². The Kier molecular flexibility index (Phi) is 8.15. The van der Waals surface area contributed by atoms with Gasteiger partial charge < -0.3 is 14.6 Å². The van der Waals surface area contributed by atoms with Gasteiger partial charge in [-0.2, -0.15) is 0 Å². The van der Waals surface area contributed by atoms with Crippen molar-refractivity contribution in [3.8, 4) is 22.4 Å². The van der Waals surface area contributed by atoms with Gasteiger partial charge in [0.1, 0.15) is 11.9 Å². The van der Waals surface area contributed by atoms with Crippen molar-refractivity contribution in [1.29, 1.82) is 0 Å². The second-order valence-corrected chi connectivity index (χ2v) is 10.9. The lowest BCUT2D eigenvalue weighted by Gasteiger charge is -2.27. The van der Waals surface area contributed by atoms with Crippen molar-refractivity contribution in [3.05, 3.63) is 102 Å². The number of nitrogens with zero attached hydrogens (tertiary/aromatic N) is 1. The number of cyclic esters (lactones) is 1. The Morgan fingerprint density at radius 1 is 0.975 bits per heavy atom. The lowest BCUT2D eigenvalue weighted by atomic mass is 9.94. The SMILES string of the molecule is CC1CC(=O)OC(CCn2c(-c3ccc(F)cc3)c(-c3ccccc3)c(C(=O)Nc3ccccc3)c2C(C)C)C1. The molecule has 5 nitrogen and oxygen atoms in total. The largest absolute Gasteiger partial charge is 0.462 e. The van der Waals surface area contributed by atoms with Gasteiger partial charge in [0.15, 0.2) is 0 Å². The predicted octanol–water partition coefficient (Wildman–Crippen LogP) is 8.07. The molecule has 6 heteroatoms. The number of nitrogens with one attached hydrogen (secondary N) is 1. The lowest BCUT2D eigenvalue weighted by Crippen LogP contribution is -2.29. The highest BCUT2D eigenvalue weighted by atomic mass is 19.1. The van der Waals surface area contributed by atoms with E-state index in [2.05, 4.69) is 30.7 Å². The Labute approximate surface area is 235 Å². The summed E-state index contributed by atoms with van der Waals surface area (Å²) in [6.45, 7) is 6.78. The van der Waals surface area contributed by atoms with Gasteiger partial charge in [-0.05, 0) is 65.8 Å². The average Bonchev–Trinajstić information content (AvgIpc) is 3.28. The van der Waals surface area contributed by atoms with Crippen molar-refractivity contribution in [2.45, 2.75) is 58.6 Å². The van der Waals surface area contributed by atoms with Gasteiger partial charge in [0.05, 0.1) is 11.3 Å². The van der Waals surface area contributed by atoms with E-state index in [9.17, 15) is 14.0 Å². The molecule has 1 fully saturated rings. The summed E-state index contributed by atoms with van der Waals surface area (Å²) < 4.78 is 21.9. The number of para-hydroxylation sites is 1. The number of carbonyl (C=O) groups excluding carboxylic acids is 2. The molecule has 5 rings (SSSR count). The van der Waals surface area contributed by atoms with Crippen LogP contribution in [0.25, 0.3) is 22.4 Å². The average molecular weight is 539 g/mol. The summed E-state index contributed by atoms with van der Waals surface area (Å²) in [5.74, 6) is -0.414. The molecule has 1 aromatic heterocycles. The second kappa shape index (κ2) is 11.9. The van der Waals surface area contributed by atoms with Gasteiger partial charge in [-0.1, -0.05) is 69.3 Å². The van der Waals surface area contributed by atoms with E-state index in [1.165, 1.54) is 12.1 Å². The van der Waals surface area contributed by atoms with E-state index in [4.69, 9.17) is 4.74 Å². The molecule has 0 spiro atoms. The summed E-state index contributed by atoms with van der Waals surface area (Å²) in [4.78, 5) is 26.3. The Hall–Kier alpha value is -4.19. The van der Waals surface area contributed by atoms with Gasteiger partial charge >= 0.3 is 5.97 Å². The highest BCUT2D eigenvalue weighted by Crippen LogP contribution is 2.43. The third-order valence-electron chi connectivity index (χ3n) is 7.44. The van der Waals surface area contributed by atoms with E-state index in [1.807, 2.05) is 60.7 Å². The zero-order valence-electron chi connectivity index (χ0n) is 23.2. The number of rotatable bonds is 8. The van der Waals surface area contributed by atoms with Crippen LogP contribution >= 0.6 is 0 Å². The third kappa shape index (κ3) is 5.86. The first-order chi connectivity index (χ1) is 19.3. The topological polar surface area (TPSA) is 60.3 Å². The number of esters is 1. The number of aromatic nitrogens is 1. The first kappa shape index (κ1) is 27.4. The first-order valence-corrected chi connectivity index (χ1v) is 14.0. The van der Waals surface area contributed by atoms with Crippen molar-refractivity contribution in [3.63, 3.8) is 0 Å². The number of hydrogen-bond acceptors (Lipinski definition) is 3. The molecule has 0 aliphatic carbocycles. The van der Waals surface area contributed by atoms with Crippen molar-refractivity contribution < 1.29 is 18.7 Å². The molecule has 2 atom stereocenters. The zero-order chi connectivity index (χ0) is 28.2. The number of carbonyl (C=O) groups is 2. The first-order valence-electron chi connectivity index (χ1n) is 14.0. The highest BCUT2D eigenvalue weighted by Gasteiger charge is 2.32. The van der Waals surface area contributed by atoms with Crippen molar-refractivity contribution in [2.75, 3.05) is 5.32 Å². The maximum atomic E-state index is 14.1. The number of halogens is 1. The Balaban J connectivity index is 1.71. The summed E-state index contributed by atoms with van der Waals surface area (Å²) >= 11 is 0. The molecule has 2 heterocycles. The molecule has 4 aromatic rings. The minimum Gasteiger partial charge on any atom is -0.462 e. The fourth-order valence-corrected chi connectivity index (χ4v) is 5.76. The third-order valence-corrected chi connectivity index (χ3v) is 7.44. The predicted molar refractivity (Wildman–Crippen MR) is 157 cm³/mol. The molecule has 40 heavy (non-hydrogen) atoms. The Bertz CT molecular complexity index is 1480. The van der Waals surface area contributed by atoms with E-state index in [-0.39, 0.29) is 35.6 Å². The lowest BCUT2D eigenvalue weighted by molar-refractivity contribution is -0.156. The van der Waals surface area contributed by atoms with Crippen LogP contribution < -0.4 is 5.32 Å². The van der Waals surface area contributed by atoms with E-state index < -0.39 is 0 Å². The summed E-state index contributed by atoms with van der Waals surface area (Å²) in [5, 5.41) is 3.10. The molecule has 1 N–H and O–H groups in total. The number of ether oxygens (including phenoxy) is 1. The fraction of sp³-hybridized carbons (Fsp3) is 0.294. The second-order valence-electron chi connectivity index (χ2n) is 10.9. The van der Waals surface area contributed by atoms with Crippen LogP contribution in [0.4, 0.5) is 10.1 Å². The van der Waals surface area contributed by atoms with E-state index in [0.29, 0.717) is 30.6 Å². The van der Waals surface area contributed by atoms with Gasteiger partial charge in [0.2, 0.25) is 0 Å². The maximum Gasteiger partial charge on any atom is 0.306 e. The van der Waals surface area contributed by atoms with Gasteiger partial charge in [0.25, 0.3) is 5.91 Å². The smallest absolute Gasteiger partial charge is 0.306 e. The molecule has 1 aliphatic heterocycles. The van der Waals surface area contributed by atoms with E-state index >= 15 is 0 Å². The molecular formula is C34H35FN2O3. The molecule has 1 amide bonds. The van der Waals surface area contributed by atoms with E-state index in [1.54, 1.807) is 12.1 Å². The summed E-state index contributed by atoms with van der Waals surface area (Å²) in [7, 11) is 0.